The summed E-state index contributed by atoms with van der Waals surface area (Å²) >= 11 is 0. The molecular weight excluding hydrogens is 276 g/mol. The van der Waals surface area contributed by atoms with Crippen molar-refractivity contribution in [2.75, 3.05) is 0 Å². The van der Waals surface area contributed by atoms with Gasteiger partial charge in [-0.25, -0.2) is 0 Å². The predicted molar refractivity (Wildman–Crippen MR) is 88.3 cm³/mol. The van der Waals surface area contributed by atoms with Gasteiger partial charge in [-0.1, -0.05) is 43.7 Å². The minimum absolute atomic E-state index is 0.0115. The summed E-state index contributed by atoms with van der Waals surface area (Å²) in [6, 6.07) is 14.3. The van der Waals surface area contributed by atoms with E-state index in [-0.39, 0.29) is 18.2 Å². The zero-order valence-corrected chi connectivity index (χ0v) is 13.6. The number of rotatable bonds is 4. The zero-order valence-electron chi connectivity index (χ0n) is 13.6. The molecule has 0 aromatic heterocycles. The largest absolute Gasteiger partial charge is 0.426 e. The number of carbonyl (C=O) groups excluding carboxylic acids is 2. The first-order valence-corrected chi connectivity index (χ1v) is 7.42. The van der Waals surface area contributed by atoms with Crippen LogP contribution >= 0.6 is 0 Å². The van der Waals surface area contributed by atoms with Crippen LogP contribution in [0.4, 0.5) is 0 Å². The average molecular weight is 298 g/mol. The molecule has 2 aromatic rings. The van der Waals surface area contributed by atoms with Gasteiger partial charge >= 0.3 is 5.97 Å². The highest BCUT2D eigenvalue weighted by Crippen LogP contribution is 2.14. The number of carbonyl (C=O) groups is 2. The van der Waals surface area contributed by atoms with Crippen molar-refractivity contribution in [3.05, 3.63) is 65.2 Å². The van der Waals surface area contributed by atoms with Gasteiger partial charge in [-0.05, 0) is 43.7 Å². The van der Waals surface area contributed by atoms with E-state index < -0.39 is 0 Å². The van der Waals surface area contributed by atoms with Crippen LogP contribution in [0.2, 0.25) is 0 Å². The summed E-state index contributed by atoms with van der Waals surface area (Å²) in [5.41, 5.74) is 2.67. The SMILES string of the molecule is CC.CC(=O)c1ccc(OC(=O)Cc2ccc(C)cc2)cc1. The van der Waals surface area contributed by atoms with Gasteiger partial charge in [0.25, 0.3) is 0 Å². The fourth-order valence-electron chi connectivity index (χ4n) is 1.80. The normalized spacial score (nSPS) is 9.45. The highest BCUT2D eigenvalue weighted by molar-refractivity contribution is 5.94. The lowest BCUT2D eigenvalue weighted by molar-refractivity contribution is -0.133. The molecule has 0 aliphatic heterocycles. The first kappa shape index (κ1) is 17.6. The molecule has 0 heterocycles. The Labute approximate surface area is 131 Å². The second kappa shape index (κ2) is 8.78. The maximum Gasteiger partial charge on any atom is 0.315 e. The molecule has 0 aliphatic carbocycles. The molecule has 2 aromatic carbocycles. The van der Waals surface area contributed by atoms with Gasteiger partial charge in [0, 0.05) is 5.56 Å². The van der Waals surface area contributed by atoms with Gasteiger partial charge in [-0.2, -0.15) is 0 Å². The highest BCUT2D eigenvalue weighted by atomic mass is 16.5. The number of ketones is 1. The van der Waals surface area contributed by atoms with Crippen LogP contribution < -0.4 is 4.74 Å². The van der Waals surface area contributed by atoms with Crippen LogP contribution in [0.15, 0.2) is 48.5 Å². The van der Waals surface area contributed by atoms with Crippen LogP contribution in [-0.4, -0.2) is 11.8 Å². The van der Waals surface area contributed by atoms with Crippen molar-refractivity contribution >= 4 is 11.8 Å². The molecule has 0 bridgehead atoms. The molecular formula is C19H22O3. The number of esters is 1. The van der Waals surface area contributed by atoms with Crippen molar-refractivity contribution in [3.63, 3.8) is 0 Å². The average Bonchev–Trinajstić information content (AvgIpc) is 2.52. The van der Waals surface area contributed by atoms with Crippen LogP contribution in [0.1, 0.15) is 42.3 Å². The smallest absolute Gasteiger partial charge is 0.315 e. The van der Waals surface area contributed by atoms with E-state index in [4.69, 9.17) is 4.74 Å². The fourth-order valence-corrected chi connectivity index (χ4v) is 1.80. The molecule has 3 heteroatoms. The van der Waals surface area contributed by atoms with Gasteiger partial charge in [0.05, 0.1) is 6.42 Å². The fraction of sp³-hybridized carbons (Fsp3) is 0.263. The highest BCUT2D eigenvalue weighted by Gasteiger charge is 2.07. The van der Waals surface area contributed by atoms with Gasteiger partial charge < -0.3 is 4.74 Å². The number of aryl methyl sites for hydroxylation is 1. The lowest BCUT2D eigenvalue weighted by Crippen LogP contribution is -2.11. The number of ether oxygens (including phenoxy) is 1. The first-order chi connectivity index (χ1) is 10.5. The summed E-state index contributed by atoms with van der Waals surface area (Å²) in [6.45, 7) is 7.50. The van der Waals surface area contributed by atoms with Crippen LogP contribution in [0.25, 0.3) is 0 Å². The molecule has 0 spiro atoms. The van der Waals surface area contributed by atoms with Gasteiger partial charge in [-0.15, -0.1) is 0 Å². The van der Waals surface area contributed by atoms with Crippen LogP contribution in [0, 0.1) is 6.92 Å². The monoisotopic (exact) mass is 298 g/mol. The molecule has 0 fully saturated rings. The number of hydrogen-bond acceptors (Lipinski definition) is 3. The Hall–Kier alpha value is -2.42. The van der Waals surface area contributed by atoms with Gasteiger partial charge in [0.2, 0.25) is 0 Å². The molecule has 2 rings (SSSR count). The minimum Gasteiger partial charge on any atom is -0.426 e. The van der Waals surface area contributed by atoms with Crippen molar-refractivity contribution in [2.45, 2.75) is 34.1 Å². The first-order valence-electron chi connectivity index (χ1n) is 7.42. The molecule has 0 aliphatic rings. The number of hydrogen-bond donors (Lipinski definition) is 0. The van der Waals surface area contributed by atoms with Gasteiger partial charge in [0.15, 0.2) is 5.78 Å². The second-order valence-electron chi connectivity index (χ2n) is 4.72. The van der Waals surface area contributed by atoms with E-state index in [2.05, 4.69) is 0 Å². The van der Waals surface area contributed by atoms with Gasteiger partial charge in [0.1, 0.15) is 5.75 Å². The van der Waals surface area contributed by atoms with Crippen LogP contribution in [-0.2, 0) is 11.2 Å². The molecule has 0 amide bonds. The Morgan fingerprint density at radius 1 is 0.909 bits per heavy atom. The van der Waals surface area contributed by atoms with Crippen molar-refractivity contribution in [3.8, 4) is 5.75 Å². The number of benzene rings is 2. The van der Waals surface area contributed by atoms with Crippen LogP contribution in [0.3, 0.4) is 0 Å². The minimum atomic E-state index is -0.315. The maximum absolute atomic E-state index is 11.8. The van der Waals surface area contributed by atoms with Crippen LogP contribution in [0.5, 0.6) is 5.75 Å². The molecule has 0 unspecified atom stereocenters. The standard InChI is InChI=1S/C17H16O3.C2H6/c1-12-3-5-14(6-4-12)11-17(19)20-16-9-7-15(8-10-16)13(2)18;1-2/h3-10H,11H2,1-2H3;1-2H3. The molecule has 0 saturated heterocycles. The van der Waals surface area contributed by atoms with Crippen molar-refractivity contribution in [1.29, 1.82) is 0 Å². The summed E-state index contributed by atoms with van der Waals surface area (Å²) in [4.78, 5) is 22.9. The number of Topliss-reactive ketones (excluding diaryl/α,β-unsaturated/α-hetero) is 1. The lowest BCUT2D eigenvalue weighted by Gasteiger charge is -2.05. The zero-order chi connectivity index (χ0) is 16.5. The summed E-state index contributed by atoms with van der Waals surface area (Å²) in [5, 5.41) is 0. The molecule has 3 nitrogen and oxygen atoms in total. The van der Waals surface area contributed by atoms with Crippen molar-refractivity contribution < 1.29 is 14.3 Å². The molecule has 0 atom stereocenters. The molecule has 22 heavy (non-hydrogen) atoms. The molecule has 0 N–H and O–H groups in total. The van der Waals surface area contributed by atoms with E-state index in [1.54, 1.807) is 24.3 Å². The lowest BCUT2D eigenvalue weighted by atomic mass is 10.1. The summed E-state index contributed by atoms with van der Waals surface area (Å²) in [5.74, 6) is 0.124. The van der Waals surface area contributed by atoms with Crippen molar-refractivity contribution in [2.24, 2.45) is 0 Å². The van der Waals surface area contributed by atoms with E-state index in [1.807, 2.05) is 45.0 Å². The third kappa shape index (κ3) is 5.52. The quantitative estimate of drug-likeness (QED) is 0.478. The molecule has 116 valence electrons. The molecule has 0 radical (unpaired) electrons. The van der Waals surface area contributed by atoms with E-state index >= 15 is 0 Å². The Kier molecular flexibility index (Phi) is 7.03. The van der Waals surface area contributed by atoms with Gasteiger partial charge in [-0.3, -0.25) is 9.59 Å². The van der Waals surface area contributed by atoms with E-state index in [0.717, 1.165) is 11.1 Å². The molecule has 0 saturated carbocycles. The Bertz CT molecular complexity index is 610. The maximum atomic E-state index is 11.8. The summed E-state index contributed by atoms with van der Waals surface area (Å²) in [7, 11) is 0. The van der Waals surface area contributed by atoms with E-state index in [0.29, 0.717) is 11.3 Å². The third-order valence-electron chi connectivity index (χ3n) is 2.96. The summed E-state index contributed by atoms with van der Waals surface area (Å²) < 4.78 is 5.23. The van der Waals surface area contributed by atoms with Crippen molar-refractivity contribution in [1.82, 2.24) is 0 Å². The Morgan fingerprint density at radius 2 is 1.45 bits per heavy atom. The second-order valence-corrected chi connectivity index (χ2v) is 4.72. The van der Waals surface area contributed by atoms with E-state index in [9.17, 15) is 9.59 Å². The van der Waals surface area contributed by atoms with E-state index in [1.165, 1.54) is 6.92 Å². The Morgan fingerprint density at radius 3 is 1.95 bits per heavy atom. The Balaban J connectivity index is 0.00000116. The predicted octanol–water partition coefficient (Wildman–Crippen LogP) is 4.37. The third-order valence-corrected chi connectivity index (χ3v) is 2.96. The topological polar surface area (TPSA) is 43.4 Å². The summed E-state index contributed by atoms with van der Waals surface area (Å²) in [6.07, 6.45) is 0.231.